The van der Waals surface area contributed by atoms with Crippen molar-refractivity contribution in [1.29, 1.82) is 0 Å². The van der Waals surface area contributed by atoms with E-state index >= 15 is 0 Å². The van der Waals surface area contributed by atoms with Crippen LogP contribution in [0.25, 0.3) is 11.1 Å². The lowest BCUT2D eigenvalue weighted by molar-refractivity contribution is -0.137. The van der Waals surface area contributed by atoms with Crippen molar-refractivity contribution in [3.8, 4) is 22.6 Å². The molecular formula is C36H38N2O6. The minimum absolute atomic E-state index is 0.138. The quantitative estimate of drug-likeness (QED) is 0.155. The highest BCUT2D eigenvalue weighted by molar-refractivity contribution is 6.10. The number of unbranched alkanes of at least 4 members (excludes halogenated alkanes) is 2. The van der Waals surface area contributed by atoms with Gasteiger partial charge in [-0.15, -0.1) is 0 Å². The fourth-order valence-electron chi connectivity index (χ4n) is 4.84. The Morgan fingerprint density at radius 3 is 2.27 bits per heavy atom. The number of methoxy groups -OCH3 is 1. The Balaban J connectivity index is 1.49. The van der Waals surface area contributed by atoms with Gasteiger partial charge in [0.15, 0.2) is 0 Å². The number of hydrogen-bond donors (Lipinski definition) is 2. The summed E-state index contributed by atoms with van der Waals surface area (Å²) in [5.74, 6) is -0.446. The summed E-state index contributed by atoms with van der Waals surface area (Å²) >= 11 is 0. The van der Waals surface area contributed by atoms with Crippen molar-refractivity contribution in [2.45, 2.75) is 39.5 Å². The molecule has 2 N–H and O–H groups in total. The van der Waals surface area contributed by atoms with Gasteiger partial charge in [-0.1, -0.05) is 54.1 Å². The van der Waals surface area contributed by atoms with E-state index in [1.54, 1.807) is 31.3 Å². The molecule has 4 aromatic carbocycles. The number of aryl methyl sites for hydroxylation is 2. The Labute approximate surface area is 258 Å². The van der Waals surface area contributed by atoms with E-state index in [4.69, 9.17) is 14.6 Å². The first-order chi connectivity index (χ1) is 21.2. The van der Waals surface area contributed by atoms with E-state index in [2.05, 4.69) is 5.32 Å². The molecule has 0 saturated carbocycles. The molecule has 8 heteroatoms. The molecule has 4 aromatic rings. The average molecular weight is 595 g/mol. The van der Waals surface area contributed by atoms with Gasteiger partial charge in [0.2, 0.25) is 0 Å². The van der Waals surface area contributed by atoms with Crippen molar-refractivity contribution in [2.24, 2.45) is 0 Å². The van der Waals surface area contributed by atoms with Crippen LogP contribution in [0.15, 0.2) is 84.9 Å². The summed E-state index contributed by atoms with van der Waals surface area (Å²) in [5, 5.41) is 11.8. The van der Waals surface area contributed by atoms with E-state index in [0.717, 1.165) is 28.7 Å². The van der Waals surface area contributed by atoms with Crippen molar-refractivity contribution >= 4 is 29.2 Å². The van der Waals surface area contributed by atoms with Crippen molar-refractivity contribution in [3.05, 3.63) is 107 Å². The lowest BCUT2D eigenvalue weighted by Gasteiger charge is -2.22. The number of anilines is 2. The van der Waals surface area contributed by atoms with Gasteiger partial charge in [0.25, 0.3) is 11.8 Å². The molecule has 8 nitrogen and oxygen atoms in total. The minimum Gasteiger partial charge on any atom is -0.495 e. The van der Waals surface area contributed by atoms with Gasteiger partial charge >= 0.3 is 5.97 Å². The fraction of sp³-hybridized carbons (Fsp3) is 0.250. The molecule has 0 fully saturated rings. The molecule has 0 unspecified atom stereocenters. The molecular weight excluding hydrogens is 556 g/mol. The van der Waals surface area contributed by atoms with Crippen LogP contribution in [0.2, 0.25) is 0 Å². The van der Waals surface area contributed by atoms with Crippen molar-refractivity contribution in [2.75, 3.05) is 31.0 Å². The largest absolute Gasteiger partial charge is 0.495 e. The monoisotopic (exact) mass is 594 g/mol. The molecule has 44 heavy (non-hydrogen) atoms. The number of nitrogens with one attached hydrogen (secondary N) is 1. The molecule has 0 spiro atoms. The summed E-state index contributed by atoms with van der Waals surface area (Å²) in [6.45, 7) is 4.37. The summed E-state index contributed by atoms with van der Waals surface area (Å²) in [6.07, 6.45) is 2.18. The number of carbonyl (C=O) groups excluding carboxylic acids is 2. The maximum Gasteiger partial charge on any atom is 0.303 e. The van der Waals surface area contributed by atoms with Gasteiger partial charge in [0.1, 0.15) is 11.5 Å². The lowest BCUT2D eigenvalue weighted by atomic mass is 9.98. The fourth-order valence-corrected chi connectivity index (χ4v) is 4.84. The number of carboxylic acid groups (broad SMARTS) is 1. The Morgan fingerprint density at radius 1 is 0.818 bits per heavy atom. The molecule has 4 rings (SSSR count). The number of benzene rings is 4. The smallest absolute Gasteiger partial charge is 0.303 e. The first-order valence-electron chi connectivity index (χ1n) is 14.6. The first-order valence-corrected chi connectivity index (χ1v) is 14.6. The Bertz CT molecular complexity index is 1630. The predicted molar refractivity (Wildman–Crippen MR) is 173 cm³/mol. The lowest BCUT2D eigenvalue weighted by Crippen LogP contribution is -2.27. The number of amides is 2. The van der Waals surface area contributed by atoms with Crippen molar-refractivity contribution in [1.82, 2.24) is 0 Å². The van der Waals surface area contributed by atoms with Gasteiger partial charge in [-0.2, -0.15) is 0 Å². The summed E-state index contributed by atoms with van der Waals surface area (Å²) < 4.78 is 11.6. The SMILES string of the molecule is COc1cc(C(=O)N(C)c2ccc(C)cc2OCCCCCC(=O)O)ccc1NC(=O)c1ccccc1-c1ccc(C)cc1. The first kappa shape index (κ1) is 31.8. The third kappa shape index (κ3) is 8.04. The highest BCUT2D eigenvalue weighted by atomic mass is 16.5. The molecule has 0 aliphatic rings. The Kier molecular flexibility index (Phi) is 10.8. The van der Waals surface area contributed by atoms with E-state index in [0.29, 0.717) is 53.4 Å². The number of aliphatic carboxylic acids is 1. The van der Waals surface area contributed by atoms with Crippen LogP contribution in [0, 0.1) is 13.8 Å². The van der Waals surface area contributed by atoms with Crippen LogP contribution in [0.4, 0.5) is 11.4 Å². The van der Waals surface area contributed by atoms with Crippen LogP contribution in [-0.2, 0) is 4.79 Å². The van der Waals surface area contributed by atoms with Crippen LogP contribution >= 0.6 is 0 Å². The summed E-state index contributed by atoms with van der Waals surface area (Å²) in [6, 6.07) is 26.0. The van der Waals surface area contributed by atoms with Gasteiger partial charge < -0.3 is 24.8 Å². The number of carboxylic acids is 1. The number of ether oxygens (including phenoxy) is 2. The van der Waals surface area contributed by atoms with Crippen molar-refractivity contribution < 1.29 is 29.0 Å². The van der Waals surface area contributed by atoms with Gasteiger partial charge in [0.05, 0.1) is 25.1 Å². The van der Waals surface area contributed by atoms with Gasteiger partial charge in [-0.3, -0.25) is 14.4 Å². The maximum atomic E-state index is 13.6. The van der Waals surface area contributed by atoms with Gasteiger partial charge in [-0.25, -0.2) is 0 Å². The molecule has 0 radical (unpaired) electrons. The number of nitrogens with zero attached hydrogens (tertiary/aromatic N) is 1. The van der Waals surface area contributed by atoms with Crippen LogP contribution in [-0.4, -0.2) is 43.7 Å². The molecule has 228 valence electrons. The van der Waals surface area contributed by atoms with Crippen LogP contribution in [0.3, 0.4) is 0 Å². The van der Waals surface area contributed by atoms with E-state index in [9.17, 15) is 14.4 Å². The van der Waals surface area contributed by atoms with Gasteiger partial charge in [-0.05, 0) is 86.2 Å². The van der Waals surface area contributed by atoms with E-state index in [-0.39, 0.29) is 18.2 Å². The highest BCUT2D eigenvalue weighted by Gasteiger charge is 2.21. The summed E-state index contributed by atoms with van der Waals surface area (Å²) in [4.78, 5) is 39.2. The molecule has 0 bridgehead atoms. The molecule has 2 amide bonds. The molecule has 0 aliphatic carbocycles. The normalized spacial score (nSPS) is 10.6. The molecule has 0 aliphatic heterocycles. The third-order valence-corrected chi connectivity index (χ3v) is 7.30. The van der Waals surface area contributed by atoms with Crippen LogP contribution in [0.5, 0.6) is 11.5 Å². The van der Waals surface area contributed by atoms with Crippen LogP contribution < -0.4 is 19.7 Å². The third-order valence-electron chi connectivity index (χ3n) is 7.30. The average Bonchev–Trinajstić information content (AvgIpc) is 3.02. The highest BCUT2D eigenvalue weighted by Crippen LogP contribution is 2.33. The predicted octanol–water partition coefficient (Wildman–Crippen LogP) is 7.53. The molecule has 0 saturated heterocycles. The van der Waals surface area contributed by atoms with Crippen LogP contribution in [0.1, 0.15) is 57.5 Å². The minimum atomic E-state index is -0.803. The topological polar surface area (TPSA) is 105 Å². The van der Waals surface area contributed by atoms with Crippen molar-refractivity contribution in [3.63, 3.8) is 0 Å². The van der Waals surface area contributed by atoms with E-state index < -0.39 is 5.97 Å². The zero-order valence-corrected chi connectivity index (χ0v) is 25.6. The Hall–Kier alpha value is -5.11. The number of carbonyl (C=O) groups is 3. The zero-order valence-electron chi connectivity index (χ0n) is 25.6. The number of hydrogen-bond acceptors (Lipinski definition) is 5. The molecule has 0 heterocycles. The molecule has 0 atom stereocenters. The second-order valence-electron chi connectivity index (χ2n) is 10.7. The second-order valence-corrected chi connectivity index (χ2v) is 10.7. The number of rotatable bonds is 13. The zero-order chi connectivity index (χ0) is 31.6. The van der Waals surface area contributed by atoms with E-state index in [1.165, 1.54) is 12.0 Å². The molecule has 0 aromatic heterocycles. The summed E-state index contributed by atoms with van der Waals surface area (Å²) in [5.41, 5.74) is 5.82. The second kappa shape index (κ2) is 14.9. The van der Waals surface area contributed by atoms with Gasteiger partial charge in [0, 0.05) is 24.6 Å². The summed E-state index contributed by atoms with van der Waals surface area (Å²) in [7, 11) is 3.17. The maximum absolute atomic E-state index is 13.6. The Morgan fingerprint density at radius 2 is 1.55 bits per heavy atom. The van der Waals surface area contributed by atoms with E-state index in [1.807, 2.05) is 74.5 Å². The standard InChI is InChI=1S/C36H38N2O6/c1-24-13-16-26(17-14-24)28-10-7-8-11-29(28)35(41)37-30-19-18-27(23-32(30)43-4)36(42)38(3)31-20-15-25(2)22-33(31)44-21-9-5-6-12-34(39)40/h7-8,10-11,13-20,22-23H,5-6,9,12,21H2,1-4H3,(H,37,41)(H,39,40).